The predicted molar refractivity (Wildman–Crippen MR) is 228 cm³/mol. The molecule has 2 atom stereocenters. The van der Waals surface area contributed by atoms with Gasteiger partial charge in [0.15, 0.2) is 5.65 Å². The van der Waals surface area contributed by atoms with Crippen molar-refractivity contribution in [3.63, 3.8) is 0 Å². The average Bonchev–Trinajstić information content (AvgIpc) is 3.82. The SMILES string of the molecule is Nc1ncnc2c1c(-c1ccc(Oc3ccccc3)cc1)nn2[C@@H]1CCCN(C2CCN(C(=O)N3CCC(c4ccc5c(c4)C(=O)N(C4CCC(=O)NC4=O)C5=O)CC3)CC2)C1. The van der Waals surface area contributed by atoms with Gasteiger partial charge in [-0.15, -0.1) is 0 Å². The van der Waals surface area contributed by atoms with E-state index in [0.717, 1.165) is 95.9 Å². The molecule has 1 unspecified atom stereocenters. The van der Waals surface area contributed by atoms with Gasteiger partial charge in [-0.25, -0.2) is 19.4 Å². The number of aromatic nitrogens is 4. The summed E-state index contributed by atoms with van der Waals surface area (Å²) in [7, 11) is 0. The summed E-state index contributed by atoms with van der Waals surface area (Å²) in [6.07, 6.45) is 6.95. The monoisotopic (exact) mass is 836 g/mol. The molecular weight excluding hydrogens is 789 g/mol. The number of rotatable bonds is 7. The first-order chi connectivity index (χ1) is 30.2. The van der Waals surface area contributed by atoms with Crippen molar-refractivity contribution in [2.45, 2.75) is 75.4 Å². The number of fused-ring (bicyclic) bond motifs is 2. The molecule has 4 fully saturated rings. The molecule has 0 saturated carbocycles. The fraction of sp³-hybridized carbons (Fsp3) is 0.391. The molecule has 5 aliphatic heterocycles. The molecule has 3 N–H and O–H groups in total. The number of amides is 6. The summed E-state index contributed by atoms with van der Waals surface area (Å²) in [6, 6.07) is 22.4. The summed E-state index contributed by atoms with van der Waals surface area (Å²) < 4.78 is 8.06. The molecule has 0 aliphatic carbocycles. The maximum Gasteiger partial charge on any atom is 0.319 e. The number of hydrogen-bond donors (Lipinski definition) is 2. The summed E-state index contributed by atoms with van der Waals surface area (Å²) in [6.45, 7) is 4.40. The quantitative estimate of drug-likeness (QED) is 0.201. The number of urea groups is 1. The Labute approximate surface area is 358 Å². The zero-order valence-corrected chi connectivity index (χ0v) is 34.3. The van der Waals surface area contributed by atoms with Crippen molar-refractivity contribution in [3.8, 4) is 22.8 Å². The van der Waals surface area contributed by atoms with Gasteiger partial charge in [0.05, 0.1) is 22.6 Å². The first-order valence-corrected chi connectivity index (χ1v) is 21.7. The number of carbonyl (C=O) groups is 5. The number of piperidine rings is 4. The minimum absolute atomic E-state index is 0.0699. The smallest absolute Gasteiger partial charge is 0.319 e. The second-order valence-corrected chi connectivity index (χ2v) is 17.0. The number of ether oxygens (including phenoxy) is 1. The molecule has 5 aliphatic rings. The van der Waals surface area contributed by atoms with E-state index in [9.17, 15) is 24.0 Å². The van der Waals surface area contributed by atoms with Crippen LogP contribution < -0.4 is 15.8 Å². The molecule has 0 radical (unpaired) electrons. The van der Waals surface area contributed by atoms with Gasteiger partial charge in [0.25, 0.3) is 11.8 Å². The molecular formula is C46H48N10O6. The number of nitrogens with zero attached hydrogens (tertiary/aromatic N) is 8. The molecule has 6 amide bonds. The van der Waals surface area contributed by atoms with E-state index in [2.05, 4.69) is 20.2 Å². The third-order valence-electron chi connectivity index (χ3n) is 13.4. The molecule has 5 aromatic rings. The molecule has 2 aromatic heterocycles. The Morgan fingerprint density at radius 3 is 2.19 bits per heavy atom. The Hall–Kier alpha value is -6.68. The van der Waals surface area contributed by atoms with E-state index < -0.39 is 29.7 Å². The molecule has 16 nitrogen and oxygen atoms in total. The lowest BCUT2D eigenvalue weighted by atomic mass is 9.88. The molecule has 4 saturated heterocycles. The second-order valence-electron chi connectivity index (χ2n) is 17.0. The Bertz CT molecular complexity index is 2560. The number of benzene rings is 3. The third kappa shape index (κ3) is 7.31. The van der Waals surface area contributed by atoms with E-state index in [-0.39, 0.29) is 42.0 Å². The molecule has 16 heteroatoms. The summed E-state index contributed by atoms with van der Waals surface area (Å²) in [4.78, 5) is 81.1. The maximum absolute atomic E-state index is 13.8. The number of nitrogens with one attached hydrogen (secondary N) is 1. The topological polar surface area (TPSA) is 189 Å². The van der Waals surface area contributed by atoms with Gasteiger partial charge in [-0.2, -0.15) is 5.10 Å². The van der Waals surface area contributed by atoms with E-state index in [0.29, 0.717) is 38.0 Å². The Balaban J connectivity index is 0.745. The van der Waals surface area contributed by atoms with Crippen molar-refractivity contribution in [2.75, 3.05) is 45.0 Å². The van der Waals surface area contributed by atoms with Crippen molar-refractivity contribution in [2.24, 2.45) is 0 Å². The number of hydrogen-bond acceptors (Lipinski definition) is 11. The van der Waals surface area contributed by atoms with Crippen LogP contribution >= 0.6 is 0 Å². The first-order valence-electron chi connectivity index (χ1n) is 21.7. The predicted octanol–water partition coefficient (Wildman–Crippen LogP) is 5.37. The lowest BCUT2D eigenvalue weighted by molar-refractivity contribution is -0.136. The van der Waals surface area contributed by atoms with Crippen molar-refractivity contribution in [1.82, 2.24) is 44.7 Å². The number of carbonyl (C=O) groups excluding carboxylic acids is 5. The van der Waals surface area contributed by atoms with Gasteiger partial charge in [-0.3, -0.25) is 34.3 Å². The molecule has 10 rings (SSSR count). The minimum Gasteiger partial charge on any atom is -0.457 e. The molecule has 62 heavy (non-hydrogen) atoms. The van der Waals surface area contributed by atoms with Crippen LogP contribution in [-0.2, 0) is 9.59 Å². The van der Waals surface area contributed by atoms with Crippen LogP contribution in [0.25, 0.3) is 22.3 Å². The van der Waals surface area contributed by atoms with E-state index in [1.165, 1.54) is 6.33 Å². The third-order valence-corrected chi connectivity index (χ3v) is 13.4. The average molecular weight is 837 g/mol. The number of nitrogen functional groups attached to an aromatic ring is 1. The van der Waals surface area contributed by atoms with E-state index in [1.807, 2.05) is 75.1 Å². The van der Waals surface area contributed by atoms with Crippen molar-refractivity contribution in [1.29, 1.82) is 0 Å². The fourth-order valence-electron chi connectivity index (χ4n) is 10.0. The molecule has 318 valence electrons. The van der Waals surface area contributed by atoms with Crippen LogP contribution in [0.4, 0.5) is 10.6 Å². The summed E-state index contributed by atoms with van der Waals surface area (Å²) in [5, 5.41) is 8.14. The number of anilines is 1. The second kappa shape index (κ2) is 16.3. The lowest BCUT2D eigenvalue weighted by Crippen LogP contribution is -2.54. The van der Waals surface area contributed by atoms with Gasteiger partial charge in [0.2, 0.25) is 11.8 Å². The van der Waals surface area contributed by atoms with Crippen LogP contribution in [0.2, 0.25) is 0 Å². The number of para-hydroxylation sites is 1. The fourth-order valence-corrected chi connectivity index (χ4v) is 10.0. The van der Waals surface area contributed by atoms with Crippen molar-refractivity contribution < 1.29 is 28.7 Å². The van der Waals surface area contributed by atoms with Gasteiger partial charge >= 0.3 is 6.03 Å². The van der Waals surface area contributed by atoms with E-state index in [1.54, 1.807) is 12.1 Å². The van der Waals surface area contributed by atoms with Crippen LogP contribution in [0, 0.1) is 0 Å². The van der Waals surface area contributed by atoms with Crippen LogP contribution in [0.15, 0.2) is 79.1 Å². The Morgan fingerprint density at radius 1 is 0.742 bits per heavy atom. The van der Waals surface area contributed by atoms with Gasteiger partial charge < -0.3 is 20.3 Å². The van der Waals surface area contributed by atoms with Crippen molar-refractivity contribution >= 4 is 46.5 Å². The maximum atomic E-state index is 13.8. The zero-order chi connectivity index (χ0) is 42.5. The van der Waals surface area contributed by atoms with Crippen LogP contribution in [-0.4, -0.2) is 120 Å². The Morgan fingerprint density at radius 2 is 1.45 bits per heavy atom. The standard InChI is InChI=1S/C46H48N10O6/c47-41-39-40(29-8-11-34(12-9-29)62-33-6-2-1-3-7-33)51-56(42(39)49-27-48-41)32-5-4-20-54(26-32)31-18-23-53(24-19-31)46(61)52-21-16-28(17-22-52)30-10-13-35-36(25-30)45(60)55(44(35)59)37-14-15-38(57)50-43(37)58/h1-3,6-13,25,27-28,31-32,37H,4-5,14-24,26H2,(H2,47,48,49)(H,50,57,58)/t32-,37?/m1/s1. The van der Waals surface area contributed by atoms with Gasteiger partial charge in [0.1, 0.15) is 35.4 Å². The van der Waals surface area contributed by atoms with Crippen molar-refractivity contribution in [3.05, 3.63) is 95.8 Å². The Kier molecular flexibility index (Phi) is 10.4. The number of likely N-dealkylation sites (tertiary alicyclic amines) is 3. The first kappa shape index (κ1) is 39.5. The molecule has 3 aromatic carbocycles. The van der Waals surface area contributed by atoms with E-state index in [4.69, 9.17) is 15.6 Å². The number of nitrogens with two attached hydrogens (primary N) is 1. The highest BCUT2D eigenvalue weighted by Crippen LogP contribution is 2.37. The zero-order valence-electron chi connectivity index (χ0n) is 34.3. The summed E-state index contributed by atoms with van der Waals surface area (Å²) in [5.41, 5.74) is 10.4. The highest BCUT2D eigenvalue weighted by Gasteiger charge is 2.45. The lowest BCUT2D eigenvalue weighted by Gasteiger charge is -2.43. The summed E-state index contributed by atoms with van der Waals surface area (Å²) in [5.74, 6) is -0.0294. The highest BCUT2D eigenvalue weighted by atomic mass is 16.5. The highest BCUT2D eigenvalue weighted by molar-refractivity contribution is 6.23. The molecule has 7 heterocycles. The van der Waals surface area contributed by atoms with Crippen LogP contribution in [0.5, 0.6) is 11.5 Å². The minimum atomic E-state index is -0.996. The summed E-state index contributed by atoms with van der Waals surface area (Å²) >= 11 is 0. The van der Waals surface area contributed by atoms with Crippen LogP contribution in [0.3, 0.4) is 0 Å². The number of imide groups is 2. The van der Waals surface area contributed by atoms with Gasteiger partial charge in [-0.05, 0) is 112 Å². The molecule has 0 spiro atoms. The van der Waals surface area contributed by atoms with Crippen LogP contribution in [0.1, 0.15) is 89.6 Å². The normalized spacial score (nSPS) is 21.7. The van der Waals surface area contributed by atoms with E-state index >= 15 is 0 Å². The molecule has 0 bridgehead atoms. The van der Waals surface area contributed by atoms with Gasteiger partial charge in [0, 0.05) is 50.7 Å². The van der Waals surface area contributed by atoms with Gasteiger partial charge in [-0.1, -0.05) is 24.3 Å². The largest absolute Gasteiger partial charge is 0.457 e.